The summed E-state index contributed by atoms with van der Waals surface area (Å²) in [7, 11) is -3.10. The van der Waals surface area contributed by atoms with Crippen LogP contribution in [0.25, 0.3) is 10.2 Å². The summed E-state index contributed by atoms with van der Waals surface area (Å²) in [6.45, 7) is 1.08. The number of nitrogen functional groups attached to an aromatic ring is 1. The Kier molecular flexibility index (Phi) is 4.23. The number of sulfonamides is 1. The minimum absolute atomic E-state index is 0.420. The zero-order chi connectivity index (χ0) is 13.9. The molecule has 8 heteroatoms. The van der Waals surface area contributed by atoms with Crippen molar-refractivity contribution in [2.45, 2.75) is 6.42 Å². The van der Waals surface area contributed by atoms with Gasteiger partial charge in [-0.15, -0.1) is 0 Å². The highest BCUT2D eigenvalue weighted by atomic mass is 32.2. The molecule has 0 radical (unpaired) electrons. The first-order chi connectivity index (χ1) is 8.94. The average Bonchev–Trinajstić information content (AvgIpc) is 2.68. The van der Waals surface area contributed by atoms with Crippen LogP contribution in [0.2, 0.25) is 0 Å². The van der Waals surface area contributed by atoms with Gasteiger partial charge in [-0.25, -0.2) is 18.1 Å². The SMILES string of the molecule is CS(=O)(=O)NCCCNc1nc2ccc(N)cc2s1. The maximum Gasteiger partial charge on any atom is 0.208 e. The molecule has 2 rings (SSSR count). The van der Waals surface area contributed by atoms with Gasteiger partial charge in [0.15, 0.2) is 5.13 Å². The van der Waals surface area contributed by atoms with Gasteiger partial charge in [-0.1, -0.05) is 11.3 Å². The molecule has 0 atom stereocenters. The normalized spacial score (nSPS) is 11.8. The van der Waals surface area contributed by atoms with Crippen molar-refractivity contribution in [1.82, 2.24) is 9.71 Å². The van der Waals surface area contributed by atoms with Crippen LogP contribution in [-0.4, -0.2) is 32.7 Å². The van der Waals surface area contributed by atoms with Gasteiger partial charge in [0, 0.05) is 18.8 Å². The van der Waals surface area contributed by atoms with E-state index in [0.29, 0.717) is 19.5 Å². The summed E-state index contributed by atoms with van der Waals surface area (Å²) in [6.07, 6.45) is 1.85. The molecule has 0 bridgehead atoms. The molecule has 19 heavy (non-hydrogen) atoms. The van der Waals surface area contributed by atoms with Crippen LogP contribution in [0.15, 0.2) is 18.2 Å². The molecule has 1 aromatic carbocycles. The van der Waals surface area contributed by atoms with E-state index in [1.807, 2.05) is 18.2 Å². The van der Waals surface area contributed by atoms with Crippen molar-refractivity contribution in [2.75, 3.05) is 30.4 Å². The number of aromatic nitrogens is 1. The Hall–Kier alpha value is -1.38. The number of anilines is 2. The van der Waals surface area contributed by atoms with Crippen LogP contribution in [0, 0.1) is 0 Å². The summed E-state index contributed by atoms with van der Waals surface area (Å²) in [5.41, 5.74) is 7.34. The van der Waals surface area contributed by atoms with Crippen molar-refractivity contribution in [2.24, 2.45) is 0 Å². The van der Waals surface area contributed by atoms with Gasteiger partial charge in [-0.2, -0.15) is 0 Å². The van der Waals surface area contributed by atoms with Gasteiger partial charge < -0.3 is 11.1 Å². The lowest BCUT2D eigenvalue weighted by Gasteiger charge is -2.03. The standard InChI is InChI=1S/C11H16N4O2S2/c1-19(16,17)14-6-2-5-13-11-15-9-4-3-8(12)7-10(9)18-11/h3-4,7,14H,2,5-6,12H2,1H3,(H,13,15). The molecule has 0 aliphatic heterocycles. The molecule has 4 N–H and O–H groups in total. The predicted molar refractivity (Wildman–Crippen MR) is 80.0 cm³/mol. The number of nitrogens with two attached hydrogens (primary N) is 1. The molecular weight excluding hydrogens is 284 g/mol. The molecule has 1 heterocycles. The van der Waals surface area contributed by atoms with E-state index in [9.17, 15) is 8.42 Å². The number of fused-ring (bicyclic) bond motifs is 1. The summed E-state index contributed by atoms with van der Waals surface area (Å²) in [5, 5.41) is 3.99. The summed E-state index contributed by atoms with van der Waals surface area (Å²) < 4.78 is 25.2. The Bertz CT molecular complexity index is 666. The van der Waals surface area contributed by atoms with Crippen LogP contribution in [0.1, 0.15) is 6.42 Å². The molecular formula is C11H16N4O2S2. The molecule has 0 aliphatic rings. The number of rotatable bonds is 6. The first-order valence-corrected chi connectivity index (χ1v) is 8.49. The largest absolute Gasteiger partial charge is 0.399 e. The fourth-order valence-electron chi connectivity index (χ4n) is 1.56. The van der Waals surface area contributed by atoms with Crippen LogP contribution in [-0.2, 0) is 10.0 Å². The van der Waals surface area contributed by atoms with E-state index >= 15 is 0 Å². The molecule has 0 spiro atoms. The van der Waals surface area contributed by atoms with Crippen LogP contribution >= 0.6 is 11.3 Å². The minimum atomic E-state index is -3.10. The van der Waals surface area contributed by atoms with E-state index < -0.39 is 10.0 Å². The molecule has 0 saturated carbocycles. The third-order valence-electron chi connectivity index (χ3n) is 2.41. The Morgan fingerprint density at radius 1 is 1.37 bits per heavy atom. The monoisotopic (exact) mass is 300 g/mol. The second kappa shape index (κ2) is 5.72. The topological polar surface area (TPSA) is 97.1 Å². The molecule has 0 aliphatic carbocycles. The van der Waals surface area contributed by atoms with Gasteiger partial charge in [-0.05, 0) is 24.6 Å². The maximum atomic E-state index is 10.9. The van der Waals surface area contributed by atoms with Crippen molar-refractivity contribution in [1.29, 1.82) is 0 Å². The summed E-state index contributed by atoms with van der Waals surface area (Å²) in [4.78, 5) is 4.41. The third-order valence-corrected chi connectivity index (χ3v) is 4.11. The van der Waals surface area contributed by atoms with Gasteiger partial charge in [0.2, 0.25) is 10.0 Å². The second-order valence-electron chi connectivity index (χ2n) is 4.19. The molecule has 0 saturated heterocycles. The second-order valence-corrected chi connectivity index (χ2v) is 7.06. The highest BCUT2D eigenvalue weighted by Gasteiger charge is 2.03. The molecule has 1 aromatic heterocycles. The van der Waals surface area contributed by atoms with Crippen LogP contribution in [0.3, 0.4) is 0 Å². The van der Waals surface area contributed by atoms with Gasteiger partial charge in [-0.3, -0.25) is 0 Å². The summed E-state index contributed by atoms with van der Waals surface area (Å²) in [5.74, 6) is 0. The first-order valence-electron chi connectivity index (χ1n) is 5.78. The lowest BCUT2D eigenvalue weighted by molar-refractivity contribution is 0.586. The van der Waals surface area contributed by atoms with E-state index in [4.69, 9.17) is 5.73 Å². The Labute approximate surface area is 116 Å². The van der Waals surface area contributed by atoms with Crippen molar-refractivity contribution >= 4 is 42.4 Å². The van der Waals surface area contributed by atoms with E-state index in [2.05, 4.69) is 15.0 Å². The quantitative estimate of drug-likeness (QED) is 0.550. The van der Waals surface area contributed by atoms with Crippen LogP contribution in [0.5, 0.6) is 0 Å². The average molecular weight is 300 g/mol. The van der Waals surface area contributed by atoms with Gasteiger partial charge in [0.1, 0.15) is 0 Å². The fraction of sp³-hybridized carbons (Fsp3) is 0.364. The Balaban J connectivity index is 1.85. The van der Waals surface area contributed by atoms with Gasteiger partial charge in [0.05, 0.1) is 16.5 Å². The van der Waals surface area contributed by atoms with E-state index in [1.165, 1.54) is 11.3 Å². The summed E-state index contributed by atoms with van der Waals surface area (Å²) >= 11 is 1.53. The van der Waals surface area contributed by atoms with Crippen molar-refractivity contribution in [3.8, 4) is 0 Å². The van der Waals surface area contributed by atoms with Crippen molar-refractivity contribution < 1.29 is 8.42 Å². The highest BCUT2D eigenvalue weighted by Crippen LogP contribution is 2.27. The number of benzene rings is 1. The van der Waals surface area contributed by atoms with Crippen LogP contribution in [0.4, 0.5) is 10.8 Å². The number of nitrogens with one attached hydrogen (secondary N) is 2. The third kappa shape index (κ3) is 4.34. The van der Waals surface area contributed by atoms with Crippen molar-refractivity contribution in [3.63, 3.8) is 0 Å². The van der Waals surface area contributed by atoms with Crippen molar-refractivity contribution in [3.05, 3.63) is 18.2 Å². The predicted octanol–water partition coefficient (Wildman–Crippen LogP) is 1.23. The van der Waals surface area contributed by atoms with Gasteiger partial charge in [0.25, 0.3) is 0 Å². The number of hydrogen-bond acceptors (Lipinski definition) is 6. The molecule has 0 amide bonds. The van der Waals surface area contributed by atoms with Crippen LogP contribution < -0.4 is 15.8 Å². The molecule has 0 unspecified atom stereocenters. The Morgan fingerprint density at radius 3 is 2.89 bits per heavy atom. The first kappa shape index (κ1) is 14.0. The molecule has 2 aromatic rings. The smallest absolute Gasteiger partial charge is 0.208 e. The molecule has 0 fully saturated rings. The van der Waals surface area contributed by atoms with E-state index in [0.717, 1.165) is 27.3 Å². The number of thiazole rings is 1. The lowest BCUT2D eigenvalue weighted by atomic mass is 10.3. The molecule has 6 nitrogen and oxygen atoms in total. The number of nitrogens with zero attached hydrogens (tertiary/aromatic N) is 1. The Morgan fingerprint density at radius 2 is 2.16 bits per heavy atom. The summed E-state index contributed by atoms with van der Waals surface area (Å²) in [6, 6.07) is 5.60. The fourth-order valence-corrected chi connectivity index (χ4v) is 3.01. The lowest BCUT2D eigenvalue weighted by Crippen LogP contribution is -2.24. The van der Waals surface area contributed by atoms with E-state index in [-0.39, 0.29) is 0 Å². The van der Waals surface area contributed by atoms with E-state index in [1.54, 1.807) is 0 Å². The minimum Gasteiger partial charge on any atom is -0.399 e. The molecule has 104 valence electrons. The zero-order valence-electron chi connectivity index (χ0n) is 10.5. The zero-order valence-corrected chi connectivity index (χ0v) is 12.1. The number of hydrogen-bond donors (Lipinski definition) is 3. The highest BCUT2D eigenvalue weighted by molar-refractivity contribution is 7.88. The maximum absolute atomic E-state index is 10.9. The van der Waals surface area contributed by atoms with Gasteiger partial charge >= 0.3 is 0 Å².